The zero-order valence-corrected chi connectivity index (χ0v) is 30.3. The number of aliphatic hydroxyl groups excluding tert-OH is 1. The highest BCUT2D eigenvalue weighted by molar-refractivity contribution is 6.05. The van der Waals surface area contributed by atoms with Crippen LogP contribution in [0.15, 0.2) is 60.9 Å². The Morgan fingerprint density at radius 3 is 1.81 bits per heavy atom. The molecule has 1 aliphatic heterocycles. The summed E-state index contributed by atoms with van der Waals surface area (Å²) in [5.41, 5.74) is 9.76. The average Bonchev–Trinajstić information content (AvgIpc) is 4.06. The summed E-state index contributed by atoms with van der Waals surface area (Å²) in [5.74, 6) is -0.974. The van der Waals surface area contributed by atoms with Crippen LogP contribution in [0.5, 0.6) is 0 Å². The molecule has 4 aromatic rings. The number of carbonyl (C=O) groups excluding carboxylic acids is 2. The summed E-state index contributed by atoms with van der Waals surface area (Å²) in [6.07, 6.45) is 7.98. The first-order valence-electron chi connectivity index (χ1n) is 18.3. The molecule has 2 aromatic carbocycles. The van der Waals surface area contributed by atoms with Crippen molar-refractivity contribution >= 4 is 29.2 Å². The van der Waals surface area contributed by atoms with Gasteiger partial charge in [0.2, 0.25) is 0 Å². The number of nitrogens with one attached hydrogen (secondary N) is 3. The van der Waals surface area contributed by atoms with E-state index in [1.165, 1.54) is 11.1 Å². The fourth-order valence-corrected chi connectivity index (χ4v) is 7.08. The molecule has 12 heteroatoms. The number of rotatable bonds is 15. The molecule has 1 atom stereocenters. The number of carbonyl (C=O) groups is 3. The van der Waals surface area contributed by atoms with E-state index in [1.807, 2.05) is 62.5 Å². The Hall–Kier alpha value is -5.01. The van der Waals surface area contributed by atoms with E-state index < -0.39 is 18.6 Å². The zero-order chi connectivity index (χ0) is 37.2. The minimum atomic E-state index is -1.13. The predicted molar refractivity (Wildman–Crippen MR) is 201 cm³/mol. The largest absolute Gasteiger partial charge is 0.480 e. The Morgan fingerprint density at radius 2 is 1.34 bits per heavy atom. The molecule has 3 aliphatic rings. The third kappa shape index (κ3) is 8.16. The number of aromatic nitrogens is 2. The lowest BCUT2D eigenvalue weighted by molar-refractivity contribution is -0.140. The minimum Gasteiger partial charge on any atom is -0.480 e. The molecule has 53 heavy (non-hydrogen) atoms. The summed E-state index contributed by atoms with van der Waals surface area (Å²) in [5, 5.41) is 27.7. The number of nitrogens with zero attached hydrogens (tertiary/aromatic N) is 3. The van der Waals surface area contributed by atoms with E-state index in [-0.39, 0.29) is 36.1 Å². The summed E-state index contributed by atoms with van der Waals surface area (Å²) >= 11 is 0. The van der Waals surface area contributed by atoms with Crippen LogP contribution >= 0.6 is 0 Å². The molecule has 0 spiro atoms. The van der Waals surface area contributed by atoms with Crippen LogP contribution in [0, 0.1) is 13.8 Å². The molecule has 3 heterocycles. The molecule has 2 aliphatic carbocycles. The Bertz CT molecular complexity index is 2040. The van der Waals surface area contributed by atoms with Crippen molar-refractivity contribution < 1.29 is 29.3 Å². The first kappa shape index (κ1) is 36.4. The summed E-state index contributed by atoms with van der Waals surface area (Å²) in [4.78, 5) is 49.8. The number of aliphatic hydroxyl groups is 1. The van der Waals surface area contributed by atoms with Gasteiger partial charge in [0.1, 0.15) is 17.4 Å². The Balaban J connectivity index is 1.06. The van der Waals surface area contributed by atoms with Crippen LogP contribution in [0.1, 0.15) is 91.9 Å². The van der Waals surface area contributed by atoms with Gasteiger partial charge in [-0.25, -0.2) is 0 Å². The highest BCUT2D eigenvalue weighted by atomic mass is 16.5. The molecule has 1 saturated heterocycles. The smallest absolute Gasteiger partial charge is 0.323 e. The first-order valence-corrected chi connectivity index (χ1v) is 18.3. The van der Waals surface area contributed by atoms with Crippen molar-refractivity contribution in [2.45, 2.75) is 76.6 Å². The van der Waals surface area contributed by atoms with Gasteiger partial charge < -0.3 is 25.6 Å². The maximum absolute atomic E-state index is 13.6. The predicted octanol–water partition coefficient (Wildman–Crippen LogP) is 5.39. The topological polar surface area (TPSA) is 166 Å². The molecular formula is C41H46N6O6. The molecule has 2 aromatic heterocycles. The van der Waals surface area contributed by atoms with Crippen molar-refractivity contribution in [1.29, 1.82) is 0 Å². The molecular weight excluding hydrogens is 672 g/mol. The van der Waals surface area contributed by atoms with Crippen molar-refractivity contribution in [1.82, 2.24) is 20.2 Å². The van der Waals surface area contributed by atoms with E-state index >= 15 is 0 Å². The van der Waals surface area contributed by atoms with Gasteiger partial charge in [-0.1, -0.05) is 24.3 Å². The summed E-state index contributed by atoms with van der Waals surface area (Å²) in [6, 6.07) is 14.2. The number of likely N-dealkylation sites (tertiary alicyclic amines) is 1. The van der Waals surface area contributed by atoms with Gasteiger partial charge in [0, 0.05) is 57.1 Å². The standard InChI is InChI=1S/C41H46N6O6/c1-23-30(6-4-8-34(23)45-39(49)36-14-32(25-10-11-25)27(16-42-36)17-44-38(22-48)41(51)52)31-7-5-9-35(24(31)2)46-40(50)37-15-33(26-12-13-26)28(18-43-37)19-47-20-29(21-47)53-3/h4-9,14-16,18,25-26,29,38,44,48H,10-13,17,19-22H2,1-3H3,(H,45,49)(H,46,50)(H,51,52)/t38-/m1/s1. The number of carboxylic acids is 1. The number of pyridine rings is 2. The number of amides is 2. The van der Waals surface area contributed by atoms with Gasteiger partial charge in [-0.15, -0.1) is 0 Å². The first-order chi connectivity index (χ1) is 25.6. The van der Waals surface area contributed by atoms with Gasteiger partial charge in [-0.2, -0.15) is 0 Å². The fraction of sp³-hybridized carbons (Fsp3) is 0.390. The van der Waals surface area contributed by atoms with Gasteiger partial charge in [-0.05, 0) is 120 Å². The Morgan fingerprint density at radius 1 is 0.830 bits per heavy atom. The number of methoxy groups -OCH3 is 1. The van der Waals surface area contributed by atoms with E-state index in [4.69, 9.17) is 4.74 Å². The van der Waals surface area contributed by atoms with E-state index in [9.17, 15) is 24.6 Å². The van der Waals surface area contributed by atoms with E-state index in [0.29, 0.717) is 23.0 Å². The molecule has 0 radical (unpaired) electrons. The summed E-state index contributed by atoms with van der Waals surface area (Å²) in [7, 11) is 1.75. The second-order valence-electron chi connectivity index (χ2n) is 14.5. The number of anilines is 2. The van der Waals surface area contributed by atoms with Gasteiger partial charge in [0.15, 0.2) is 0 Å². The molecule has 0 bridgehead atoms. The van der Waals surface area contributed by atoms with Crippen molar-refractivity contribution in [2.24, 2.45) is 0 Å². The van der Waals surface area contributed by atoms with Gasteiger partial charge in [-0.3, -0.25) is 34.6 Å². The van der Waals surface area contributed by atoms with Crippen molar-refractivity contribution in [3.63, 3.8) is 0 Å². The molecule has 12 nitrogen and oxygen atoms in total. The van der Waals surface area contributed by atoms with Crippen LogP contribution in [-0.2, 0) is 22.6 Å². The van der Waals surface area contributed by atoms with Crippen LogP contribution in [0.3, 0.4) is 0 Å². The second-order valence-corrected chi connectivity index (χ2v) is 14.5. The van der Waals surface area contributed by atoms with E-state index in [1.54, 1.807) is 19.4 Å². The highest BCUT2D eigenvalue weighted by Gasteiger charge is 2.32. The van der Waals surface area contributed by atoms with Crippen molar-refractivity contribution in [3.8, 4) is 11.1 Å². The van der Waals surface area contributed by atoms with Crippen LogP contribution < -0.4 is 16.0 Å². The molecule has 2 amide bonds. The quantitative estimate of drug-likeness (QED) is 0.108. The monoisotopic (exact) mass is 718 g/mol. The van der Waals surface area contributed by atoms with Crippen molar-refractivity contribution in [3.05, 3.63) is 106 Å². The lowest BCUT2D eigenvalue weighted by Crippen LogP contribution is -2.51. The number of hydrogen-bond acceptors (Lipinski definition) is 9. The van der Waals surface area contributed by atoms with Crippen LogP contribution in [0.25, 0.3) is 11.1 Å². The minimum absolute atomic E-state index is 0.220. The van der Waals surface area contributed by atoms with E-state index in [2.05, 4.69) is 30.8 Å². The fourth-order valence-electron chi connectivity index (χ4n) is 7.08. The average molecular weight is 719 g/mol. The Kier molecular flexibility index (Phi) is 10.7. The third-order valence-electron chi connectivity index (χ3n) is 10.7. The molecule has 2 saturated carbocycles. The lowest BCUT2D eigenvalue weighted by atomic mass is 9.94. The molecule has 276 valence electrons. The Labute approximate surface area is 309 Å². The zero-order valence-electron chi connectivity index (χ0n) is 30.3. The van der Waals surface area contributed by atoms with Gasteiger partial charge in [0.05, 0.1) is 12.7 Å². The van der Waals surface area contributed by atoms with Crippen LogP contribution in [-0.4, -0.2) is 81.8 Å². The maximum Gasteiger partial charge on any atom is 0.323 e. The SMILES string of the molecule is COC1CN(Cc2cnc(C(=O)Nc3cccc(-c4cccc(NC(=O)c5cc(C6CC6)c(CN[C@H](CO)C(=O)O)cn5)c4C)c3C)cc2C2CC2)C1. The number of ether oxygens (including phenoxy) is 1. The number of aliphatic carboxylic acids is 1. The van der Waals surface area contributed by atoms with Gasteiger partial charge >= 0.3 is 5.97 Å². The molecule has 5 N–H and O–H groups in total. The van der Waals surface area contributed by atoms with Crippen molar-refractivity contribution in [2.75, 3.05) is 37.4 Å². The highest BCUT2D eigenvalue weighted by Crippen LogP contribution is 2.43. The van der Waals surface area contributed by atoms with Crippen LogP contribution in [0.2, 0.25) is 0 Å². The van der Waals surface area contributed by atoms with Crippen LogP contribution in [0.4, 0.5) is 11.4 Å². The third-order valence-corrected chi connectivity index (χ3v) is 10.7. The van der Waals surface area contributed by atoms with E-state index in [0.717, 1.165) is 78.7 Å². The molecule has 0 unspecified atom stereocenters. The number of benzene rings is 2. The lowest BCUT2D eigenvalue weighted by Gasteiger charge is -2.38. The normalized spacial score (nSPS) is 16.5. The molecule has 7 rings (SSSR count). The second kappa shape index (κ2) is 15.5. The molecule has 3 fully saturated rings. The number of hydrogen-bond donors (Lipinski definition) is 5. The maximum atomic E-state index is 13.6. The summed E-state index contributed by atoms with van der Waals surface area (Å²) in [6.45, 7) is 6.24. The number of carboxylic acid groups (broad SMARTS) is 1. The van der Waals surface area contributed by atoms with Gasteiger partial charge in [0.25, 0.3) is 11.8 Å². The summed E-state index contributed by atoms with van der Waals surface area (Å²) < 4.78 is 5.43.